The Hall–Kier alpha value is -2.27. The van der Waals surface area contributed by atoms with Gasteiger partial charge in [0.1, 0.15) is 11.9 Å². The zero-order valence-corrected chi connectivity index (χ0v) is 12.2. The number of aromatic carboxylic acids is 1. The van der Waals surface area contributed by atoms with Crippen LogP contribution in [0.4, 0.5) is 0 Å². The lowest BCUT2D eigenvalue weighted by Crippen LogP contribution is -2.33. The lowest BCUT2D eigenvalue weighted by atomic mass is 9.84. The summed E-state index contributed by atoms with van der Waals surface area (Å²) in [6.45, 7) is 5.42. The van der Waals surface area contributed by atoms with Crippen molar-refractivity contribution in [3.8, 4) is 0 Å². The number of nitrogens with one attached hydrogen (secondary N) is 1. The van der Waals surface area contributed by atoms with E-state index < -0.39 is 5.97 Å². The number of rotatable bonds is 6. The van der Waals surface area contributed by atoms with Gasteiger partial charge in [-0.05, 0) is 5.56 Å². The molecule has 110 valence electrons. The summed E-state index contributed by atoms with van der Waals surface area (Å²) >= 11 is 0. The Morgan fingerprint density at radius 3 is 2.67 bits per heavy atom. The molecule has 0 spiro atoms. The Kier molecular flexibility index (Phi) is 4.65. The van der Waals surface area contributed by atoms with Gasteiger partial charge in [-0.1, -0.05) is 44.2 Å². The van der Waals surface area contributed by atoms with Gasteiger partial charge in [0.25, 0.3) is 0 Å². The third kappa shape index (κ3) is 3.86. The Balaban J connectivity index is 2.00. The third-order valence-electron chi connectivity index (χ3n) is 3.44. The summed E-state index contributed by atoms with van der Waals surface area (Å²) in [5, 5.41) is 12.4. The highest BCUT2D eigenvalue weighted by Gasteiger charge is 2.20. The van der Waals surface area contributed by atoms with E-state index in [1.165, 1.54) is 18.1 Å². The second-order valence-electron chi connectivity index (χ2n) is 5.54. The number of hydrogen-bond acceptors (Lipinski definition) is 4. The zero-order valence-electron chi connectivity index (χ0n) is 12.2. The minimum Gasteiger partial charge on any atom is -0.478 e. The van der Waals surface area contributed by atoms with E-state index in [1.807, 2.05) is 18.2 Å². The number of aromatic nitrogens is 2. The van der Waals surface area contributed by atoms with Gasteiger partial charge in [0.2, 0.25) is 0 Å². The first-order valence-corrected chi connectivity index (χ1v) is 6.79. The molecule has 2 rings (SSSR count). The molecule has 0 aliphatic heterocycles. The van der Waals surface area contributed by atoms with Gasteiger partial charge in [-0.25, -0.2) is 14.8 Å². The molecule has 0 aliphatic carbocycles. The number of carboxylic acid groups (broad SMARTS) is 1. The van der Waals surface area contributed by atoms with Gasteiger partial charge in [0.05, 0.1) is 5.69 Å². The van der Waals surface area contributed by atoms with E-state index in [-0.39, 0.29) is 11.0 Å². The van der Waals surface area contributed by atoms with Crippen molar-refractivity contribution in [2.45, 2.75) is 25.8 Å². The van der Waals surface area contributed by atoms with Crippen molar-refractivity contribution in [2.24, 2.45) is 0 Å². The number of hydrogen-bond donors (Lipinski definition) is 2. The van der Waals surface area contributed by atoms with Crippen molar-refractivity contribution in [2.75, 3.05) is 6.54 Å². The normalized spacial score (nSPS) is 11.3. The van der Waals surface area contributed by atoms with Crippen LogP contribution in [-0.2, 0) is 12.0 Å². The predicted octanol–water partition coefficient (Wildman–Crippen LogP) is 2.24. The molecule has 0 saturated heterocycles. The minimum absolute atomic E-state index is 0.0440. The van der Waals surface area contributed by atoms with Crippen LogP contribution >= 0.6 is 0 Å². The fourth-order valence-electron chi connectivity index (χ4n) is 2.16. The number of carbonyl (C=O) groups is 1. The summed E-state index contributed by atoms with van der Waals surface area (Å²) in [6, 6.07) is 10.2. The van der Waals surface area contributed by atoms with Gasteiger partial charge in [-0.2, -0.15) is 0 Å². The van der Waals surface area contributed by atoms with Crippen molar-refractivity contribution in [3.05, 3.63) is 59.7 Å². The molecule has 1 heterocycles. The standard InChI is InChI=1S/C16H19N3O2/c1-16(2,12-6-4-3-5-7-12)10-17-9-14-13(15(20)21)8-18-11-19-14/h3-8,11,17H,9-10H2,1-2H3,(H,20,21). The van der Waals surface area contributed by atoms with Crippen LogP contribution in [0, 0.1) is 0 Å². The summed E-state index contributed by atoms with van der Waals surface area (Å²) in [6.07, 6.45) is 2.69. The maximum atomic E-state index is 11.1. The molecule has 0 unspecified atom stereocenters. The van der Waals surface area contributed by atoms with Crippen molar-refractivity contribution < 1.29 is 9.90 Å². The third-order valence-corrected chi connectivity index (χ3v) is 3.44. The average molecular weight is 285 g/mol. The second kappa shape index (κ2) is 6.45. The van der Waals surface area contributed by atoms with Crippen molar-refractivity contribution in [3.63, 3.8) is 0 Å². The van der Waals surface area contributed by atoms with Crippen LogP contribution in [0.1, 0.15) is 35.5 Å². The smallest absolute Gasteiger partial charge is 0.339 e. The molecule has 5 nitrogen and oxygen atoms in total. The van der Waals surface area contributed by atoms with Crippen LogP contribution in [-0.4, -0.2) is 27.6 Å². The summed E-state index contributed by atoms with van der Waals surface area (Å²) in [4.78, 5) is 18.9. The summed E-state index contributed by atoms with van der Waals surface area (Å²) in [7, 11) is 0. The fraction of sp³-hybridized carbons (Fsp3) is 0.312. The lowest BCUT2D eigenvalue weighted by molar-refractivity contribution is 0.0694. The summed E-state index contributed by atoms with van der Waals surface area (Å²) < 4.78 is 0. The van der Waals surface area contributed by atoms with Gasteiger partial charge < -0.3 is 10.4 Å². The highest BCUT2D eigenvalue weighted by atomic mass is 16.4. The first-order chi connectivity index (χ1) is 10.0. The minimum atomic E-state index is -1.00. The molecule has 0 bridgehead atoms. The van der Waals surface area contributed by atoms with Crippen LogP contribution in [0.25, 0.3) is 0 Å². The molecule has 0 saturated carbocycles. The van der Waals surface area contributed by atoms with Crippen LogP contribution in [0.5, 0.6) is 0 Å². The molecule has 0 radical (unpaired) electrons. The molecule has 1 aromatic heterocycles. The van der Waals surface area contributed by atoms with E-state index in [2.05, 4.69) is 41.3 Å². The van der Waals surface area contributed by atoms with Gasteiger partial charge in [-0.3, -0.25) is 0 Å². The van der Waals surface area contributed by atoms with Crippen molar-refractivity contribution in [1.29, 1.82) is 0 Å². The van der Waals surface area contributed by atoms with E-state index in [0.29, 0.717) is 12.2 Å². The molecule has 21 heavy (non-hydrogen) atoms. The fourth-order valence-corrected chi connectivity index (χ4v) is 2.16. The molecule has 5 heteroatoms. The van der Waals surface area contributed by atoms with Crippen LogP contribution in [0.2, 0.25) is 0 Å². The molecule has 0 fully saturated rings. The molecule has 0 aliphatic rings. The topological polar surface area (TPSA) is 75.1 Å². The predicted molar refractivity (Wildman–Crippen MR) is 80.2 cm³/mol. The molecular formula is C16H19N3O2. The largest absolute Gasteiger partial charge is 0.478 e. The van der Waals surface area contributed by atoms with E-state index in [9.17, 15) is 4.79 Å². The lowest BCUT2D eigenvalue weighted by Gasteiger charge is -2.25. The highest BCUT2D eigenvalue weighted by Crippen LogP contribution is 2.21. The van der Waals surface area contributed by atoms with Crippen LogP contribution < -0.4 is 5.32 Å². The van der Waals surface area contributed by atoms with Crippen LogP contribution in [0.3, 0.4) is 0 Å². The first kappa shape index (κ1) is 15.1. The van der Waals surface area contributed by atoms with E-state index >= 15 is 0 Å². The van der Waals surface area contributed by atoms with Gasteiger partial charge in [-0.15, -0.1) is 0 Å². The maximum Gasteiger partial charge on any atom is 0.339 e. The van der Waals surface area contributed by atoms with E-state index in [1.54, 1.807) is 0 Å². The summed E-state index contributed by atoms with van der Waals surface area (Å²) in [5.74, 6) is -1.00. The van der Waals surface area contributed by atoms with E-state index in [0.717, 1.165) is 6.54 Å². The Morgan fingerprint density at radius 1 is 1.29 bits per heavy atom. The Bertz CT molecular complexity index is 612. The first-order valence-electron chi connectivity index (χ1n) is 6.79. The highest BCUT2D eigenvalue weighted by molar-refractivity contribution is 5.88. The number of carboxylic acids is 1. The molecule has 1 aromatic carbocycles. The number of nitrogens with zero attached hydrogens (tertiary/aromatic N) is 2. The molecule has 2 aromatic rings. The van der Waals surface area contributed by atoms with Gasteiger partial charge >= 0.3 is 5.97 Å². The Morgan fingerprint density at radius 2 is 2.00 bits per heavy atom. The summed E-state index contributed by atoms with van der Waals surface area (Å²) in [5.41, 5.74) is 1.83. The SMILES string of the molecule is CC(C)(CNCc1ncncc1C(=O)O)c1ccccc1. The Labute approximate surface area is 124 Å². The molecule has 0 atom stereocenters. The zero-order chi connectivity index (χ0) is 15.3. The van der Waals surface area contributed by atoms with Crippen LogP contribution in [0.15, 0.2) is 42.9 Å². The second-order valence-corrected chi connectivity index (χ2v) is 5.54. The monoisotopic (exact) mass is 285 g/mol. The van der Waals surface area contributed by atoms with Gasteiger partial charge in [0, 0.05) is 24.7 Å². The van der Waals surface area contributed by atoms with Gasteiger partial charge in [0.15, 0.2) is 0 Å². The van der Waals surface area contributed by atoms with Crippen molar-refractivity contribution in [1.82, 2.24) is 15.3 Å². The van der Waals surface area contributed by atoms with Crippen molar-refractivity contribution >= 4 is 5.97 Å². The molecule has 2 N–H and O–H groups in total. The molecule has 0 amide bonds. The van der Waals surface area contributed by atoms with E-state index in [4.69, 9.17) is 5.11 Å². The molecular weight excluding hydrogens is 266 g/mol. The maximum absolute atomic E-state index is 11.1. The quantitative estimate of drug-likeness (QED) is 0.851. The average Bonchev–Trinajstić information content (AvgIpc) is 2.48. The number of benzene rings is 1.